The van der Waals surface area contributed by atoms with Crippen LogP contribution in [0.2, 0.25) is 0 Å². The van der Waals surface area contributed by atoms with E-state index in [-0.39, 0.29) is 17.2 Å². The number of hydrogen-bond donors (Lipinski definition) is 2. The Hall–Kier alpha value is -2.14. The Morgan fingerprint density at radius 3 is 2.69 bits per heavy atom. The van der Waals surface area contributed by atoms with Gasteiger partial charge in [-0.25, -0.2) is 4.68 Å². The van der Waals surface area contributed by atoms with Crippen molar-refractivity contribution < 1.29 is 4.79 Å². The highest BCUT2D eigenvalue weighted by Crippen LogP contribution is 2.26. The Kier molecular flexibility index (Phi) is 5.47. The summed E-state index contributed by atoms with van der Waals surface area (Å²) in [6.07, 6.45) is 1.76. The second-order valence-electron chi connectivity index (χ2n) is 8.37. The number of aromatic nitrogens is 2. The molecule has 1 amide bonds. The number of hydrogen-bond acceptors (Lipinski definition) is 3. The number of amides is 1. The molecule has 1 saturated heterocycles. The third-order valence-corrected chi connectivity index (χ3v) is 4.97. The Balaban J connectivity index is 1.82. The molecule has 140 valence electrons. The summed E-state index contributed by atoms with van der Waals surface area (Å²) in [5.74, 6) is 0.951. The molecule has 0 radical (unpaired) electrons. The van der Waals surface area contributed by atoms with Crippen molar-refractivity contribution in [2.45, 2.75) is 58.5 Å². The number of carbonyl (C=O) groups is 1. The summed E-state index contributed by atoms with van der Waals surface area (Å²) in [7, 11) is 0. The van der Waals surface area contributed by atoms with Crippen LogP contribution in [0.4, 0.5) is 5.82 Å². The van der Waals surface area contributed by atoms with Crippen molar-refractivity contribution in [2.75, 3.05) is 11.9 Å². The highest BCUT2D eigenvalue weighted by atomic mass is 16.2. The second kappa shape index (κ2) is 7.62. The minimum Gasteiger partial charge on any atom is -0.314 e. The van der Waals surface area contributed by atoms with Crippen LogP contribution >= 0.6 is 0 Å². The molecule has 0 aliphatic carbocycles. The molecule has 0 spiro atoms. The van der Waals surface area contributed by atoms with Crippen molar-refractivity contribution in [2.24, 2.45) is 5.92 Å². The maximum Gasteiger partial charge on any atom is 0.228 e. The average Bonchev–Trinajstić information content (AvgIpc) is 2.99. The molecule has 0 unspecified atom stereocenters. The molecule has 5 nitrogen and oxygen atoms in total. The van der Waals surface area contributed by atoms with Gasteiger partial charge < -0.3 is 10.6 Å². The van der Waals surface area contributed by atoms with Gasteiger partial charge in [-0.15, -0.1) is 0 Å². The molecule has 2 heterocycles. The molecular formula is C21H30N4O. The van der Waals surface area contributed by atoms with E-state index in [0.717, 1.165) is 30.9 Å². The number of rotatable bonds is 4. The summed E-state index contributed by atoms with van der Waals surface area (Å²) >= 11 is 0. The predicted octanol–water partition coefficient (Wildman–Crippen LogP) is 3.56. The first-order valence-corrected chi connectivity index (χ1v) is 9.49. The van der Waals surface area contributed by atoms with E-state index in [1.165, 1.54) is 5.56 Å². The summed E-state index contributed by atoms with van der Waals surface area (Å²) < 4.78 is 1.92. The lowest BCUT2D eigenvalue weighted by molar-refractivity contribution is -0.120. The van der Waals surface area contributed by atoms with Crippen LogP contribution in [-0.2, 0) is 16.8 Å². The zero-order chi connectivity index (χ0) is 18.7. The zero-order valence-electron chi connectivity index (χ0n) is 16.2. The fraction of sp³-hybridized carbons (Fsp3) is 0.524. The number of benzene rings is 1. The molecule has 1 aliphatic heterocycles. The van der Waals surface area contributed by atoms with Crippen LogP contribution < -0.4 is 10.6 Å². The Morgan fingerprint density at radius 1 is 1.31 bits per heavy atom. The van der Waals surface area contributed by atoms with E-state index in [1.54, 1.807) is 0 Å². The van der Waals surface area contributed by atoms with E-state index in [1.807, 2.05) is 28.9 Å². The summed E-state index contributed by atoms with van der Waals surface area (Å²) in [5.41, 5.74) is 2.09. The summed E-state index contributed by atoms with van der Waals surface area (Å²) in [5, 5.41) is 11.3. The molecule has 1 aliphatic rings. The van der Waals surface area contributed by atoms with E-state index >= 15 is 0 Å². The van der Waals surface area contributed by atoms with Crippen LogP contribution in [0.25, 0.3) is 0 Å². The van der Waals surface area contributed by atoms with Crippen molar-refractivity contribution in [3.05, 3.63) is 47.7 Å². The highest BCUT2D eigenvalue weighted by Gasteiger charge is 2.27. The monoisotopic (exact) mass is 354 g/mol. The third kappa shape index (κ3) is 4.52. The van der Waals surface area contributed by atoms with Crippen molar-refractivity contribution in [3.8, 4) is 0 Å². The zero-order valence-corrected chi connectivity index (χ0v) is 16.2. The van der Waals surface area contributed by atoms with Crippen LogP contribution in [0.5, 0.6) is 0 Å². The maximum atomic E-state index is 12.8. The average molecular weight is 354 g/mol. The predicted molar refractivity (Wildman–Crippen MR) is 105 cm³/mol. The molecule has 5 heteroatoms. The molecule has 3 rings (SSSR count). The van der Waals surface area contributed by atoms with Gasteiger partial charge in [0.05, 0.1) is 12.2 Å². The van der Waals surface area contributed by atoms with E-state index in [9.17, 15) is 4.79 Å². The summed E-state index contributed by atoms with van der Waals surface area (Å²) in [6.45, 7) is 10.1. The normalized spacial score (nSPS) is 20.8. The lowest BCUT2D eigenvalue weighted by atomic mass is 9.92. The number of nitrogens with zero attached hydrogens (tertiary/aromatic N) is 2. The van der Waals surface area contributed by atoms with E-state index < -0.39 is 0 Å². The first-order chi connectivity index (χ1) is 12.3. The van der Waals surface area contributed by atoms with Crippen LogP contribution in [0, 0.1) is 5.92 Å². The third-order valence-electron chi connectivity index (χ3n) is 4.97. The largest absolute Gasteiger partial charge is 0.314 e. The van der Waals surface area contributed by atoms with Crippen LogP contribution in [0.3, 0.4) is 0 Å². The van der Waals surface area contributed by atoms with Gasteiger partial charge in [0.1, 0.15) is 5.82 Å². The summed E-state index contributed by atoms with van der Waals surface area (Å²) in [6, 6.07) is 12.6. The SMILES string of the molecule is C[C@H]1C[C@@H](C(=O)Nc2cc(C(C)(C)C)nn2Cc2ccccc2)CCN1. The van der Waals surface area contributed by atoms with Gasteiger partial charge >= 0.3 is 0 Å². The second-order valence-corrected chi connectivity index (χ2v) is 8.37. The Labute approximate surface area is 156 Å². The van der Waals surface area contributed by atoms with Gasteiger partial charge in [-0.3, -0.25) is 4.79 Å². The number of anilines is 1. The molecule has 1 aromatic heterocycles. The van der Waals surface area contributed by atoms with Gasteiger partial charge in [-0.2, -0.15) is 5.10 Å². The molecule has 2 atom stereocenters. The minimum atomic E-state index is -0.0648. The molecule has 1 fully saturated rings. The molecule has 26 heavy (non-hydrogen) atoms. The number of nitrogens with one attached hydrogen (secondary N) is 2. The van der Waals surface area contributed by atoms with E-state index in [4.69, 9.17) is 5.10 Å². The van der Waals surface area contributed by atoms with Crippen LogP contribution in [-0.4, -0.2) is 28.3 Å². The van der Waals surface area contributed by atoms with Gasteiger partial charge in [0.15, 0.2) is 0 Å². The fourth-order valence-electron chi connectivity index (χ4n) is 3.36. The first-order valence-electron chi connectivity index (χ1n) is 9.49. The van der Waals surface area contributed by atoms with Crippen LogP contribution in [0.1, 0.15) is 51.8 Å². The van der Waals surface area contributed by atoms with E-state index in [0.29, 0.717) is 12.6 Å². The van der Waals surface area contributed by atoms with E-state index in [2.05, 4.69) is 50.5 Å². The molecule has 0 bridgehead atoms. The van der Waals surface area contributed by atoms with Gasteiger partial charge in [0.25, 0.3) is 0 Å². The van der Waals surface area contributed by atoms with Crippen molar-refractivity contribution in [1.82, 2.24) is 15.1 Å². The topological polar surface area (TPSA) is 59.0 Å². The smallest absolute Gasteiger partial charge is 0.228 e. The maximum absolute atomic E-state index is 12.8. The molecular weight excluding hydrogens is 324 g/mol. The minimum absolute atomic E-state index is 0.0596. The molecule has 2 aromatic rings. The fourth-order valence-corrected chi connectivity index (χ4v) is 3.36. The molecule has 0 saturated carbocycles. The first kappa shape index (κ1) is 18.6. The Morgan fingerprint density at radius 2 is 2.04 bits per heavy atom. The van der Waals surface area contributed by atoms with Crippen LogP contribution in [0.15, 0.2) is 36.4 Å². The van der Waals surface area contributed by atoms with Gasteiger partial charge in [0.2, 0.25) is 5.91 Å². The van der Waals surface area contributed by atoms with Gasteiger partial charge in [-0.1, -0.05) is 51.1 Å². The molecule has 2 N–H and O–H groups in total. The van der Waals surface area contributed by atoms with Gasteiger partial charge in [0, 0.05) is 23.4 Å². The van der Waals surface area contributed by atoms with Crippen molar-refractivity contribution >= 4 is 11.7 Å². The summed E-state index contributed by atoms with van der Waals surface area (Å²) in [4.78, 5) is 12.8. The van der Waals surface area contributed by atoms with Crippen molar-refractivity contribution in [1.29, 1.82) is 0 Å². The molecule has 1 aromatic carbocycles. The lowest BCUT2D eigenvalue weighted by Crippen LogP contribution is -2.40. The lowest BCUT2D eigenvalue weighted by Gasteiger charge is -2.27. The quantitative estimate of drug-likeness (QED) is 0.883. The van der Waals surface area contributed by atoms with Crippen molar-refractivity contribution in [3.63, 3.8) is 0 Å². The number of piperidine rings is 1. The number of carbonyl (C=O) groups excluding carboxylic acids is 1. The highest BCUT2D eigenvalue weighted by molar-refractivity contribution is 5.92. The Bertz CT molecular complexity index is 745. The standard InChI is InChI=1S/C21H30N4O/c1-15-12-17(10-11-22-15)20(26)23-19-13-18(21(2,3)4)24-25(19)14-16-8-6-5-7-9-16/h5-9,13,15,17,22H,10-12,14H2,1-4H3,(H,23,26)/t15-,17-/m0/s1. The van der Waals surface area contributed by atoms with Gasteiger partial charge in [-0.05, 0) is 31.9 Å².